The van der Waals surface area contributed by atoms with Gasteiger partial charge in [-0.1, -0.05) is 24.6 Å². The van der Waals surface area contributed by atoms with Crippen LogP contribution >= 0.6 is 0 Å². The maximum Gasteiger partial charge on any atom is 0.247 e. The molecule has 2 atom stereocenters. The zero-order valence-electron chi connectivity index (χ0n) is 14.4. The summed E-state index contributed by atoms with van der Waals surface area (Å²) in [5.74, 6) is 1.84. The number of aromatic nitrogens is 2. The number of hydrogen-bond donors (Lipinski definition) is 0. The molecule has 1 aromatic carbocycles. The van der Waals surface area contributed by atoms with E-state index in [2.05, 4.69) is 10.2 Å². The number of carbonyl (C=O) groups is 1. The summed E-state index contributed by atoms with van der Waals surface area (Å²) in [5, 5.41) is 8.47. The van der Waals surface area contributed by atoms with Crippen LogP contribution in [0.25, 0.3) is 11.5 Å². The van der Waals surface area contributed by atoms with Crippen molar-refractivity contribution in [2.24, 2.45) is 11.8 Å². The Labute approximate surface area is 147 Å². The number of methoxy groups -OCH3 is 1. The van der Waals surface area contributed by atoms with Crippen molar-refractivity contribution in [3.8, 4) is 11.5 Å². The smallest absolute Gasteiger partial charge is 0.247 e. The largest absolute Gasteiger partial charge is 0.420 e. The van der Waals surface area contributed by atoms with E-state index in [1.54, 1.807) is 7.11 Å². The van der Waals surface area contributed by atoms with Crippen LogP contribution in [0.4, 0.5) is 0 Å². The summed E-state index contributed by atoms with van der Waals surface area (Å²) >= 11 is 0. The van der Waals surface area contributed by atoms with Gasteiger partial charge in [0.25, 0.3) is 0 Å². The predicted molar refractivity (Wildman–Crippen MR) is 91.8 cm³/mol. The molecule has 2 aliphatic rings. The average molecular weight is 341 g/mol. The number of amides is 1. The van der Waals surface area contributed by atoms with Crippen LogP contribution in [0.15, 0.2) is 34.7 Å². The first kappa shape index (κ1) is 16.3. The van der Waals surface area contributed by atoms with Gasteiger partial charge in [-0.15, -0.1) is 10.2 Å². The van der Waals surface area contributed by atoms with Crippen LogP contribution < -0.4 is 0 Å². The van der Waals surface area contributed by atoms with E-state index in [-0.39, 0.29) is 23.7 Å². The van der Waals surface area contributed by atoms with Gasteiger partial charge in [-0.3, -0.25) is 4.79 Å². The Bertz CT molecular complexity index is 727. The summed E-state index contributed by atoms with van der Waals surface area (Å²) < 4.78 is 11.3. The summed E-state index contributed by atoms with van der Waals surface area (Å²) in [6.45, 7) is 1.93. The van der Waals surface area contributed by atoms with Crippen molar-refractivity contribution in [3.63, 3.8) is 0 Å². The fourth-order valence-electron chi connectivity index (χ4n) is 3.71. The van der Waals surface area contributed by atoms with Crippen LogP contribution in [-0.2, 0) is 9.53 Å². The Balaban J connectivity index is 1.53. The Morgan fingerprint density at radius 1 is 1.24 bits per heavy atom. The number of benzene rings is 1. The van der Waals surface area contributed by atoms with Crippen molar-refractivity contribution in [2.75, 3.05) is 26.8 Å². The third-order valence-electron chi connectivity index (χ3n) is 5.37. The zero-order chi connectivity index (χ0) is 17.2. The van der Waals surface area contributed by atoms with Crippen molar-refractivity contribution >= 4 is 5.91 Å². The van der Waals surface area contributed by atoms with Crippen molar-refractivity contribution in [1.82, 2.24) is 15.1 Å². The Morgan fingerprint density at radius 2 is 2.04 bits per heavy atom. The summed E-state index contributed by atoms with van der Waals surface area (Å²) in [7, 11) is 1.69. The lowest BCUT2D eigenvalue weighted by Crippen LogP contribution is -2.37. The maximum absolute atomic E-state index is 12.6. The second-order valence-corrected chi connectivity index (χ2v) is 7.00. The van der Waals surface area contributed by atoms with E-state index >= 15 is 0 Å². The van der Waals surface area contributed by atoms with Crippen molar-refractivity contribution in [2.45, 2.75) is 25.2 Å². The summed E-state index contributed by atoms with van der Waals surface area (Å²) in [6.07, 6.45) is 3.21. The molecule has 0 spiro atoms. The second kappa shape index (κ2) is 6.96. The third kappa shape index (κ3) is 3.18. The fourth-order valence-corrected chi connectivity index (χ4v) is 3.71. The minimum atomic E-state index is 0.0361. The summed E-state index contributed by atoms with van der Waals surface area (Å²) in [4.78, 5) is 14.6. The Morgan fingerprint density at radius 3 is 2.72 bits per heavy atom. The van der Waals surface area contributed by atoms with Gasteiger partial charge in [0.1, 0.15) is 0 Å². The Kier molecular flexibility index (Phi) is 4.53. The molecule has 2 aromatic rings. The second-order valence-electron chi connectivity index (χ2n) is 7.00. The minimum Gasteiger partial charge on any atom is -0.420 e. The molecule has 2 fully saturated rings. The van der Waals surface area contributed by atoms with Gasteiger partial charge in [-0.2, -0.15) is 0 Å². The van der Waals surface area contributed by atoms with Crippen LogP contribution in [0.1, 0.15) is 31.1 Å². The first-order valence-electron chi connectivity index (χ1n) is 8.93. The average Bonchev–Trinajstić information content (AvgIpc) is 3.21. The number of ether oxygens (including phenoxy) is 1. The maximum atomic E-state index is 12.6. The standard InChI is InChI=1S/C19H23N3O3/c1-24-12-15-10-22(19(23)14-8-5-9-14)11-16(15)18-21-20-17(25-18)13-6-3-2-4-7-13/h2-4,6-7,14-16H,5,8-12H2,1H3/t15-,16+/m0/s1. The third-order valence-corrected chi connectivity index (χ3v) is 5.37. The van der Waals surface area contributed by atoms with Crippen molar-refractivity contribution in [3.05, 3.63) is 36.2 Å². The van der Waals surface area contributed by atoms with Gasteiger partial charge >= 0.3 is 0 Å². The van der Waals surface area contributed by atoms with E-state index in [1.807, 2.05) is 35.2 Å². The highest BCUT2D eigenvalue weighted by molar-refractivity contribution is 5.80. The van der Waals surface area contributed by atoms with Gasteiger partial charge < -0.3 is 14.1 Å². The molecule has 132 valence electrons. The lowest BCUT2D eigenvalue weighted by atomic mass is 9.84. The lowest BCUT2D eigenvalue weighted by Gasteiger charge is -2.29. The molecule has 25 heavy (non-hydrogen) atoms. The van der Waals surface area contributed by atoms with E-state index in [4.69, 9.17) is 9.15 Å². The molecule has 1 aliphatic heterocycles. The van der Waals surface area contributed by atoms with Gasteiger partial charge in [-0.05, 0) is 25.0 Å². The molecule has 1 amide bonds. The number of hydrogen-bond acceptors (Lipinski definition) is 5. The molecule has 6 heteroatoms. The SMILES string of the molecule is COC[C@@H]1CN(C(=O)C2CCC2)C[C@H]1c1nnc(-c2ccccc2)o1. The van der Waals surface area contributed by atoms with E-state index in [0.717, 1.165) is 18.4 Å². The molecule has 1 saturated carbocycles. The zero-order valence-corrected chi connectivity index (χ0v) is 14.4. The van der Waals surface area contributed by atoms with E-state index in [1.165, 1.54) is 6.42 Å². The number of carbonyl (C=O) groups excluding carboxylic acids is 1. The van der Waals surface area contributed by atoms with E-state index < -0.39 is 0 Å². The van der Waals surface area contributed by atoms with Gasteiger partial charge in [0.2, 0.25) is 17.7 Å². The molecule has 0 unspecified atom stereocenters. The summed E-state index contributed by atoms with van der Waals surface area (Å²) in [6, 6.07) is 9.75. The molecule has 1 saturated heterocycles. The molecule has 0 N–H and O–H groups in total. The lowest BCUT2D eigenvalue weighted by molar-refractivity contribution is -0.137. The van der Waals surface area contributed by atoms with Crippen LogP contribution in [0.3, 0.4) is 0 Å². The molecular weight excluding hydrogens is 318 g/mol. The minimum absolute atomic E-state index is 0.0361. The number of rotatable bonds is 5. The molecule has 6 nitrogen and oxygen atoms in total. The highest BCUT2D eigenvalue weighted by Gasteiger charge is 2.41. The molecule has 4 rings (SSSR count). The highest BCUT2D eigenvalue weighted by Crippen LogP contribution is 2.36. The van der Waals surface area contributed by atoms with E-state index in [9.17, 15) is 4.79 Å². The van der Waals surface area contributed by atoms with Crippen LogP contribution in [0.2, 0.25) is 0 Å². The fraction of sp³-hybridized carbons (Fsp3) is 0.526. The molecular formula is C19H23N3O3. The predicted octanol–water partition coefficient (Wildman–Crippen LogP) is 2.73. The van der Waals surface area contributed by atoms with Gasteiger partial charge in [0.05, 0.1) is 12.5 Å². The monoisotopic (exact) mass is 341 g/mol. The van der Waals surface area contributed by atoms with Crippen LogP contribution in [0, 0.1) is 11.8 Å². The quantitative estimate of drug-likeness (QED) is 0.836. The van der Waals surface area contributed by atoms with Gasteiger partial charge in [-0.25, -0.2) is 0 Å². The number of likely N-dealkylation sites (tertiary alicyclic amines) is 1. The van der Waals surface area contributed by atoms with Crippen molar-refractivity contribution in [1.29, 1.82) is 0 Å². The van der Waals surface area contributed by atoms with Crippen LogP contribution in [-0.4, -0.2) is 47.8 Å². The van der Waals surface area contributed by atoms with Gasteiger partial charge in [0, 0.05) is 37.6 Å². The number of nitrogens with zero attached hydrogens (tertiary/aromatic N) is 3. The van der Waals surface area contributed by atoms with Crippen LogP contribution in [0.5, 0.6) is 0 Å². The first-order valence-corrected chi connectivity index (χ1v) is 8.93. The first-order chi connectivity index (χ1) is 12.3. The molecule has 2 heterocycles. The molecule has 1 aliphatic carbocycles. The normalized spacial score (nSPS) is 23.6. The Hall–Kier alpha value is -2.21. The van der Waals surface area contributed by atoms with Crippen molar-refractivity contribution < 1.29 is 13.9 Å². The molecule has 0 radical (unpaired) electrons. The molecule has 0 bridgehead atoms. The topological polar surface area (TPSA) is 68.5 Å². The molecule has 1 aromatic heterocycles. The highest BCUT2D eigenvalue weighted by atomic mass is 16.5. The van der Waals surface area contributed by atoms with E-state index in [0.29, 0.717) is 31.5 Å². The van der Waals surface area contributed by atoms with Gasteiger partial charge in [0.15, 0.2) is 0 Å². The summed E-state index contributed by atoms with van der Waals surface area (Å²) in [5.41, 5.74) is 0.907.